The Balaban J connectivity index is 1.53. The number of benzene rings is 3. The van der Waals surface area contributed by atoms with Crippen LogP contribution >= 0.6 is 0 Å². The second-order valence-corrected chi connectivity index (χ2v) is 7.84. The van der Waals surface area contributed by atoms with E-state index in [0.29, 0.717) is 17.0 Å². The van der Waals surface area contributed by atoms with Gasteiger partial charge in [0.25, 0.3) is 5.52 Å². The van der Waals surface area contributed by atoms with Crippen molar-refractivity contribution in [3.63, 3.8) is 0 Å². The van der Waals surface area contributed by atoms with Crippen molar-refractivity contribution in [1.29, 1.82) is 0 Å². The topological polar surface area (TPSA) is 68.4 Å². The number of hydrogen-bond acceptors (Lipinski definition) is 5. The highest BCUT2D eigenvalue weighted by Gasteiger charge is 2.29. The Morgan fingerprint density at radius 2 is 1.15 bits per heavy atom. The number of para-hydroxylation sites is 3. The van der Waals surface area contributed by atoms with Crippen LogP contribution in [0.4, 0.5) is 0 Å². The van der Waals surface area contributed by atoms with Crippen molar-refractivity contribution in [1.82, 2.24) is 9.97 Å². The van der Waals surface area contributed by atoms with Crippen molar-refractivity contribution in [2.24, 2.45) is 0 Å². The van der Waals surface area contributed by atoms with E-state index < -0.39 is 6.41 Å². The molecule has 164 valence electrons. The Morgan fingerprint density at radius 1 is 0.618 bits per heavy atom. The Bertz CT molecular complexity index is 1550. The lowest BCUT2D eigenvalue weighted by molar-refractivity contribution is -0.765. The van der Waals surface area contributed by atoms with Crippen molar-refractivity contribution in [3.8, 4) is 17.2 Å². The minimum atomic E-state index is -0.947. The zero-order valence-corrected chi connectivity index (χ0v) is 18.1. The molecule has 6 heteroatoms. The molecular weight excluding hydrogens is 426 g/mol. The zero-order valence-electron chi connectivity index (χ0n) is 18.1. The lowest BCUT2D eigenvalue weighted by Crippen LogP contribution is -2.46. The molecule has 0 saturated carbocycles. The van der Waals surface area contributed by atoms with Crippen LogP contribution in [0, 0.1) is 0 Å². The van der Waals surface area contributed by atoms with Crippen LogP contribution < -0.4 is 14.0 Å². The SMILES string of the molecule is Oc1cccc2ccc[n+](C(Oc3cccc4cccnc34)Oc3cccc4cccnc34)c12. The first kappa shape index (κ1) is 19.9. The first-order valence-corrected chi connectivity index (χ1v) is 10.9. The van der Waals surface area contributed by atoms with Crippen LogP contribution in [0.15, 0.2) is 110 Å². The molecule has 6 nitrogen and oxygen atoms in total. The number of aromatic hydroxyl groups is 1. The summed E-state index contributed by atoms with van der Waals surface area (Å²) in [6.45, 7) is 0. The average molecular weight is 446 g/mol. The van der Waals surface area contributed by atoms with Crippen LogP contribution in [-0.4, -0.2) is 15.1 Å². The van der Waals surface area contributed by atoms with Crippen LogP contribution in [0.2, 0.25) is 0 Å². The van der Waals surface area contributed by atoms with E-state index in [1.165, 1.54) is 0 Å². The maximum Gasteiger partial charge on any atom is 0.468 e. The molecule has 0 spiro atoms. The predicted molar refractivity (Wildman–Crippen MR) is 130 cm³/mol. The highest BCUT2D eigenvalue weighted by Crippen LogP contribution is 2.30. The van der Waals surface area contributed by atoms with E-state index in [2.05, 4.69) is 9.97 Å². The number of fused-ring (bicyclic) bond motifs is 3. The van der Waals surface area contributed by atoms with E-state index >= 15 is 0 Å². The molecule has 0 saturated heterocycles. The molecule has 0 radical (unpaired) electrons. The quantitative estimate of drug-likeness (QED) is 0.278. The molecule has 1 N–H and O–H groups in total. The molecule has 0 aliphatic heterocycles. The molecule has 0 aliphatic rings. The van der Waals surface area contributed by atoms with Gasteiger partial charge < -0.3 is 14.6 Å². The van der Waals surface area contributed by atoms with Gasteiger partial charge in [0, 0.05) is 29.2 Å². The monoisotopic (exact) mass is 446 g/mol. The first-order valence-electron chi connectivity index (χ1n) is 10.9. The summed E-state index contributed by atoms with van der Waals surface area (Å²) in [5.41, 5.74) is 2.04. The summed E-state index contributed by atoms with van der Waals surface area (Å²) in [5, 5.41) is 13.5. The number of hydrogen-bond donors (Lipinski definition) is 1. The lowest BCUT2D eigenvalue weighted by atomic mass is 10.2. The van der Waals surface area contributed by atoms with Gasteiger partial charge in [-0.3, -0.25) is 9.97 Å². The summed E-state index contributed by atoms with van der Waals surface area (Å²) in [6.07, 6.45) is 4.34. The van der Waals surface area contributed by atoms with Crippen molar-refractivity contribution in [2.75, 3.05) is 0 Å². The lowest BCUT2D eigenvalue weighted by Gasteiger charge is -2.18. The Morgan fingerprint density at radius 3 is 1.79 bits per heavy atom. The number of ether oxygens (including phenoxy) is 2. The number of phenols is 1. The summed E-state index contributed by atoms with van der Waals surface area (Å²) in [7, 11) is 0. The van der Waals surface area contributed by atoms with Gasteiger partial charge in [-0.2, -0.15) is 0 Å². The molecule has 0 amide bonds. The van der Waals surface area contributed by atoms with E-state index in [0.717, 1.165) is 27.2 Å². The highest BCUT2D eigenvalue weighted by molar-refractivity contribution is 5.85. The van der Waals surface area contributed by atoms with E-state index in [4.69, 9.17) is 9.47 Å². The summed E-state index contributed by atoms with van der Waals surface area (Å²) in [6, 6.07) is 28.5. The number of pyridine rings is 3. The third-order valence-electron chi connectivity index (χ3n) is 5.70. The second-order valence-electron chi connectivity index (χ2n) is 7.84. The summed E-state index contributed by atoms with van der Waals surface area (Å²) >= 11 is 0. The van der Waals surface area contributed by atoms with E-state index in [-0.39, 0.29) is 5.75 Å². The minimum absolute atomic E-state index is 0.127. The molecule has 3 heterocycles. The maximum absolute atomic E-state index is 10.7. The largest absolute Gasteiger partial charge is 0.502 e. The van der Waals surface area contributed by atoms with Gasteiger partial charge in [-0.1, -0.05) is 42.5 Å². The first-order chi connectivity index (χ1) is 16.8. The van der Waals surface area contributed by atoms with Gasteiger partial charge in [0.05, 0.1) is 5.39 Å². The third kappa shape index (κ3) is 3.51. The van der Waals surface area contributed by atoms with Crippen molar-refractivity contribution in [3.05, 3.63) is 110 Å². The zero-order chi connectivity index (χ0) is 22.9. The fraction of sp³-hybridized carbons (Fsp3) is 0.0357. The summed E-state index contributed by atoms with van der Waals surface area (Å²) < 4.78 is 14.7. The smallest absolute Gasteiger partial charge is 0.468 e. The number of phenolic OH excluding ortho intramolecular Hbond substituents is 1. The molecule has 6 aromatic rings. The molecule has 0 atom stereocenters. The summed E-state index contributed by atoms with van der Waals surface area (Å²) in [5.74, 6) is 1.26. The standard InChI is InChI=1S/C28H19N3O3/c32-22-13-1-9-21-12-6-18-31(27(21)22)28(33-23-14-2-7-19-10-4-16-29-25(19)23)34-24-15-3-8-20-11-5-17-30-26(20)24/h1-18,28H/p+1. The van der Waals surface area contributed by atoms with Crippen molar-refractivity contribution in [2.45, 2.75) is 6.41 Å². The van der Waals surface area contributed by atoms with Gasteiger partial charge in [-0.15, -0.1) is 4.57 Å². The minimum Gasteiger partial charge on any atom is -0.502 e. The average Bonchev–Trinajstić information content (AvgIpc) is 2.88. The van der Waals surface area contributed by atoms with E-state index in [1.54, 1.807) is 23.0 Å². The molecule has 0 aliphatic carbocycles. The summed E-state index contributed by atoms with van der Waals surface area (Å²) in [4.78, 5) is 9.03. The van der Waals surface area contributed by atoms with Gasteiger partial charge in [-0.05, 0) is 42.5 Å². The number of nitrogens with zero attached hydrogens (tertiary/aromatic N) is 3. The number of aromatic nitrogens is 3. The van der Waals surface area contributed by atoms with Gasteiger partial charge in [0.1, 0.15) is 11.0 Å². The van der Waals surface area contributed by atoms with Crippen LogP contribution in [0.5, 0.6) is 17.2 Å². The van der Waals surface area contributed by atoms with E-state index in [1.807, 2.05) is 91.1 Å². The fourth-order valence-corrected chi connectivity index (χ4v) is 4.15. The molecule has 0 bridgehead atoms. The van der Waals surface area contributed by atoms with Gasteiger partial charge in [0.2, 0.25) is 0 Å². The predicted octanol–water partition coefficient (Wildman–Crippen LogP) is 5.54. The van der Waals surface area contributed by atoms with E-state index in [9.17, 15) is 5.11 Å². The molecule has 3 aromatic carbocycles. The molecule has 0 unspecified atom stereocenters. The molecule has 6 rings (SSSR count). The van der Waals surface area contributed by atoms with Crippen molar-refractivity contribution < 1.29 is 19.1 Å². The number of rotatable bonds is 5. The molecular formula is C28H20N3O3+. The van der Waals surface area contributed by atoms with Crippen LogP contribution in [0.25, 0.3) is 32.7 Å². The highest BCUT2D eigenvalue weighted by atomic mass is 16.7. The molecule has 3 aromatic heterocycles. The normalized spacial score (nSPS) is 11.3. The fourth-order valence-electron chi connectivity index (χ4n) is 4.15. The molecule has 34 heavy (non-hydrogen) atoms. The van der Waals surface area contributed by atoms with Gasteiger partial charge in [-0.25, -0.2) is 0 Å². The van der Waals surface area contributed by atoms with Crippen LogP contribution in [0.1, 0.15) is 6.41 Å². The maximum atomic E-state index is 10.7. The van der Waals surface area contributed by atoms with Gasteiger partial charge in [0.15, 0.2) is 23.4 Å². The Hall–Kier alpha value is -4.71. The second kappa shape index (κ2) is 8.33. The van der Waals surface area contributed by atoms with Crippen LogP contribution in [-0.2, 0) is 0 Å². The van der Waals surface area contributed by atoms with Gasteiger partial charge >= 0.3 is 6.41 Å². The van der Waals surface area contributed by atoms with Crippen LogP contribution in [0.3, 0.4) is 0 Å². The Labute approximate surface area is 195 Å². The van der Waals surface area contributed by atoms with Crippen molar-refractivity contribution >= 4 is 32.7 Å². The Kier molecular flexibility index (Phi) is 4.88. The molecule has 0 fully saturated rings. The third-order valence-corrected chi connectivity index (χ3v) is 5.70.